The van der Waals surface area contributed by atoms with Crippen LogP contribution in [-0.4, -0.2) is 50.7 Å². The van der Waals surface area contributed by atoms with Gasteiger partial charge in [-0.15, -0.1) is 0 Å². The van der Waals surface area contributed by atoms with E-state index >= 15 is 0 Å². The van der Waals surface area contributed by atoms with E-state index in [-0.39, 0.29) is 12.5 Å². The average molecular weight is 395 g/mol. The van der Waals surface area contributed by atoms with Crippen molar-refractivity contribution < 1.29 is 14.3 Å². The molecule has 2 aromatic carbocycles. The first kappa shape index (κ1) is 18.7. The minimum atomic E-state index is -0.0543. The molecule has 7 heteroatoms. The summed E-state index contributed by atoms with van der Waals surface area (Å²) in [5.41, 5.74) is 1.10. The first-order chi connectivity index (χ1) is 12.6. The van der Waals surface area contributed by atoms with Gasteiger partial charge in [-0.05, 0) is 30.3 Å². The number of hydrogen-bond acceptors (Lipinski definition) is 4. The predicted octanol–water partition coefficient (Wildman–Crippen LogP) is 3.73. The number of amides is 1. The van der Waals surface area contributed by atoms with E-state index in [1.165, 1.54) is 0 Å². The van der Waals surface area contributed by atoms with E-state index in [1.807, 2.05) is 24.3 Å². The Labute approximate surface area is 163 Å². The van der Waals surface area contributed by atoms with E-state index in [0.29, 0.717) is 28.9 Å². The van der Waals surface area contributed by atoms with Crippen LogP contribution in [0, 0.1) is 0 Å². The number of ether oxygens (including phenoxy) is 2. The third-order valence-corrected chi connectivity index (χ3v) is 4.83. The monoisotopic (exact) mass is 394 g/mol. The van der Waals surface area contributed by atoms with E-state index in [0.717, 1.165) is 24.5 Å². The Kier molecular flexibility index (Phi) is 6.12. The molecular weight excluding hydrogens is 375 g/mol. The lowest BCUT2D eigenvalue weighted by Gasteiger charge is -2.36. The number of carbonyl (C=O) groups is 1. The van der Waals surface area contributed by atoms with Crippen LogP contribution >= 0.6 is 23.2 Å². The number of carbonyl (C=O) groups excluding carboxylic acids is 1. The van der Waals surface area contributed by atoms with Gasteiger partial charge in [-0.2, -0.15) is 0 Å². The number of anilines is 1. The third kappa shape index (κ3) is 4.54. The van der Waals surface area contributed by atoms with Gasteiger partial charge in [-0.1, -0.05) is 29.3 Å². The normalized spacial score (nSPS) is 14.3. The molecule has 0 bridgehead atoms. The molecule has 0 radical (unpaired) electrons. The number of methoxy groups -OCH3 is 1. The molecule has 0 N–H and O–H groups in total. The molecule has 0 unspecified atom stereocenters. The van der Waals surface area contributed by atoms with Crippen molar-refractivity contribution in [2.45, 2.75) is 0 Å². The Bertz CT molecular complexity index is 777. The van der Waals surface area contributed by atoms with Crippen LogP contribution < -0.4 is 14.4 Å². The predicted molar refractivity (Wildman–Crippen MR) is 104 cm³/mol. The van der Waals surface area contributed by atoms with Crippen LogP contribution in [-0.2, 0) is 4.79 Å². The molecule has 138 valence electrons. The van der Waals surface area contributed by atoms with Gasteiger partial charge in [-0.3, -0.25) is 4.79 Å². The minimum Gasteiger partial charge on any atom is -0.497 e. The number of nitrogens with zero attached hydrogens (tertiary/aromatic N) is 2. The van der Waals surface area contributed by atoms with Crippen LogP contribution in [0.15, 0.2) is 42.5 Å². The molecule has 1 saturated heterocycles. The zero-order valence-electron chi connectivity index (χ0n) is 14.5. The summed E-state index contributed by atoms with van der Waals surface area (Å²) in [5, 5.41) is 0.926. The molecule has 0 saturated carbocycles. The minimum absolute atomic E-state index is 0.0412. The van der Waals surface area contributed by atoms with Crippen LogP contribution in [0.1, 0.15) is 0 Å². The quantitative estimate of drug-likeness (QED) is 0.774. The number of benzene rings is 2. The second-order valence-electron chi connectivity index (χ2n) is 5.93. The lowest BCUT2D eigenvalue weighted by atomic mass is 10.2. The number of halogens is 2. The van der Waals surface area contributed by atoms with Gasteiger partial charge >= 0.3 is 0 Å². The summed E-state index contributed by atoms with van der Waals surface area (Å²) in [6.45, 7) is 2.78. The molecule has 0 aliphatic carbocycles. The highest BCUT2D eigenvalue weighted by atomic mass is 35.5. The third-order valence-electron chi connectivity index (χ3n) is 4.30. The zero-order chi connectivity index (χ0) is 18.5. The van der Waals surface area contributed by atoms with E-state index in [1.54, 1.807) is 30.2 Å². The van der Waals surface area contributed by atoms with E-state index < -0.39 is 0 Å². The molecule has 0 atom stereocenters. The van der Waals surface area contributed by atoms with Gasteiger partial charge in [0.25, 0.3) is 5.91 Å². The molecule has 0 aromatic heterocycles. The Morgan fingerprint density at radius 1 is 1.08 bits per heavy atom. The molecule has 1 aliphatic heterocycles. The van der Waals surface area contributed by atoms with E-state index in [2.05, 4.69) is 4.90 Å². The lowest BCUT2D eigenvalue weighted by molar-refractivity contribution is -0.133. The number of rotatable bonds is 5. The molecule has 5 nitrogen and oxygen atoms in total. The summed E-state index contributed by atoms with van der Waals surface area (Å²) in [6.07, 6.45) is 0. The van der Waals surface area contributed by atoms with Crippen molar-refractivity contribution in [1.29, 1.82) is 0 Å². The summed E-state index contributed by atoms with van der Waals surface area (Å²) in [6, 6.07) is 12.9. The van der Waals surface area contributed by atoms with Crippen LogP contribution in [0.4, 0.5) is 5.69 Å². The van der Waals surface area contributed by atoms with Gasteiger partial charge in [-0.25, -0.2) is 0 Å². The fourth-order valence-corrected chi connectivity index (χ4v) is 3.31. The van der Waals surface area contributed by atoms with Crippen molar-refractivity contribution in [3.05, 3.63) is 52.5 Å². The van der Waals surface area contributed by atoms with Gasteiger partial charge in [0.15, 0.2) is 6.61 Å². The zero-order valence-corrected chi connectivity index (χ0v) is 16.0. The van der Waals surface area contributed by atoms with E-state index in [9.17, 15) is 4.79 Å². The second kappa shape index (κ2) is 8.52. The summed E-state index contributed by atoms with van der Waals surface area (Å²) in [7, 11) is 1.66. The highest BCUT2D eigenvalue weighted by Crippen LogP contribution is 2.27. The van der Waals surface area contributed by atoms with Gasteiger partial charge in [0, 0.05) is 43.0 Å². The van der Waals surface area contributed by atoms with Crippen LogP contribution in [0.5, 0.6) is 11.5 Å². The molecule has 1 amide bonds. The molecule has 26 heavy (non-hydrogen) atoms. The SMILES string of the molecule is COc1cccc(N2CCN(C(=O)COc3ccc(Cl)cc3Cl)CC2)c1. The fraction of sp³-hybridized carbons (Fsp3) is 0.316. The molecule has 2 aromatic rings. The largest absolute Gasteiger partial charge is 0.497 e. The first-order valence-electron chi connectivity index (χ1n) is 8.31. The Hall–Kier alpha value is -2.11. The van der Waals surface area contributed by atoms with Crippen molar-refractivity contribution in [1.82, 2.24) is 4.90 Å². The van der Waals surface area contributed by atoms with Gasteiger partial charge in [0.1, 0.15) is 11.5 Å². The standard InChI is InChI=1S/C19H20Cl2N2O3/c1-25-16-4-2-3-15(12-16)22-7-9-23(10-8-22)19(24)13-26-18-6-5-14(20)11-17(18)21/h2-6,11-12H,7-10,13H2,1H3. The first-order valence-corrected chi connectivity index (χ1v) is 9.07. The number of hydrogen-bond donors (Lipinski definition) is 0. The smallest absolute Gasteiger partial charge is 0.260 e. The highest BCUT2D eigenvalue weighted by Gasteiger charge is 2.22. The molecular formula is C19H20Cl2N2O3. The van der Waals surface area contributed by atoms with Crippen LogP contribution in [0.3, 0.4) is 0 Å². The highest BCUT2D eigenvalue weighted by molar-refractivity contribution is 6.35. The molecule has 1 heterocycles. The Morgan fingerprint density at radius 3 is 2.54 bits per heavy atom. The van der Waals surface area contributed by atoms with Gasteiger partial charge in [0.2, 0.25) is 0 Å². The summed E-state index contributed by atoms with van der Waals surface area (Å²) < 4.78 is 10.8. The topological polar surface area (TPSA) is 42.0 Å². The van der Waals surface area contributed by atoms with Crippen molar-refractivity contribution in [2.24, 2.45) is 0 Å². The van der Waals surface area contributed by atoms with Crippen LogP contribution in [0.2, 0.25) is 10.0 Å². The van der Waals surface area contributed by atoms with Crippen molar-refractivity contribution in [2.75, 3.05) is 44.8 Å². The Morgan fingerprint density at radius 2 is 1.85 bits per heavy atom. The van der Waals surface area contributed by atoms with Gasteiger partial charge < -0.3 is 19.3 Å². The lowest BCUT2D eigenvalue weighted by Crippen LogP contribution is -2.50. The molecule has 1 fully saturated rings. The van der Waals surface area contributed by atoms with Crippen LogP contribution in [0.25, 0.3) is 0 Å². The Balaban J connectivity index is 1.51. The van der Waals surface area contributed by atoms with Crippen molar-refractivity contribution in [3.8, 4) is 11.5 Å². The van der Waals surface area contributed by atoms with E-state index in [4.69, 9.17) is 32.7 Å². The van der Waals surface area contributed by atoms with Crippen molar-refractivity contribution >= 4 is 34.8 Å². The molecule has 1 aliphatic rings. The maximum absolute atomic E-state index is 12.4. The fourth-order valence-electron chi connectivity index (χ4n) is 2.84. The molecule has 0 spiro atoms. The van der Waals surface area contributed by atoms with Crippen molar-refractivity contribution in [3.63, 3.8) is 0 Å². The second-order valence-corrected chi connectivity index (χ2v) is 6.78. The maximum Gasteiger partial charge on any atom is 0.260 e. The summed E-state index contributed by atoms with van der Waals surface area (Å²) in [4.78, 5) is 16.4. The summed E-state index contributed by atoms with van der Waals surface area (Å²) in [5.74, 6) is 1.23. The van der Waals surface area contributed by atoms with Gasteiger partial charge in [0.05, 0.1) is 12.1 Å². The average Bonchev–Trinajstić information content (AvgIpc) is 2.67. The molecule has 3 rings (SSSR count). The summed E-state index contributed by atoms with van der Waals surface area (Å²) >= 11 is 11.9. The maximum atomic E-state index is 12.4. The number of piperazine rings is 1.